The molecule has 0 atom stereocenters. The second kappa shape index (κ2) is 9.46. The standard InChI is InChI=1S/C20H34O/c1-3-5-7-17-8-10-18(11-9-17)19-12-14-20(15-13-19)21-16-6-4-2/h3-4,6,17-20H,1,5,7-16H2,2H3. The Balaban J connectivity index is 1.63. The molecule has 120 valence electrons. The maximum atomic E-state index is 5.92. The quantitative estimate of drug-likeness (QED) is 0.529. The highest BCUT2D eigenvalue weighted by atomic mass is 16.5. The molecule has 2 saturated carbocycles. The molecular weight excluding hydrogens is 256 g/mol. The van der Waals surface area contributed by atoms with Crippen LogP contribution in [0.4, 0.5) is 0 Å². The maximum absolute atomic E-state index is 5.92. The van der Waals surface area contributed by atoms with Gasteiger partial charge in [0.2, 0.25) is 0 Å². The maximum Gasteiger partial charge on any atom is 0.0651 e. The zero-order chi connectivity index (χ0) is 14.9. The first kappa shape index (κ1) is 16.8. The lowest BCUT2D eigenvalue weighted by Gasteiger charge is -2.37. The second-order valence-corrected chi connectivity index (χ2v) is 7.09. The van der Waals surface area contributed by atoms with E-state index >= 15 is 0 Å². The molecule has 2 fully saturated rings. The average Bonchev–Trinajstić information content (AvgIpc) is 2.54. The van der Waals surface area contributed by atoms with E-state index in [-0.39, 0.29) is 0 Å². The van der Waals surface area contributed by atoms with Gasteiger partial charge in [0.05, 0.1) is 12.7 Å². The van der Waals surface area contributed by atoms with Gasteiger partial charge in [-0.15, -0.1) is 6.58 Å². The fourth-order valence-electron chi connectivity index (χ4n) is 4.32. The van der Waals surface area contributed by atoms with Gasteiger partial charge in [-0.3, -0.25) is 0 Å². The van der Waals surface area contributed by atoms with Crippen molar-refractivity contribution in [2.45, 2.75) is 77.2 Å². The molecule has 0 bridgehead atoms. The van der Waals surface area contributed by atoms with Crippen LogP contribution in [0.25, 0.3) is 0 Å². The van der Waals surface area contributed by atoms with E-state index < -0.39 is 0 Å². The third kappa shape index (κ3) is 5.62. The van der Waals surface area contributed by atoms with E-state index in [0.717, 1.165) is 24.4 Å². The number of hydrogen-bond donors (Lipinski definition) is 0. The zero-order valence-corrected chi connectivity index (χ0v) is 13.9. The number of rotatable bonds is 7. The van der Waals surface area contributed by atoms with E-state index in [1.54, 1.807) is 0 Å². The third-order valence-corrected chi connectivity index (χ3v) is 5.72. The van der Waals surface area contributed by atoms with Crippen LogP contribution >= 0.6 is 0 Å². The summed E-state index contributed by atoms with van der Waals surface area (Å²) in [6.07, 6.45) is 20.7. The Morgan fingerprint density at radius 3 is 2.14 bits per heavy atom. The molecule has 0 aliphatic heterocycles. The summed E-state index contributed by atoms with van der Waals surface area (Å²) in [5, 5.41) is 0. The van der Waals surface area contributed by atoms with Crippen molar-refractivity contribution in [3.8, 4) is 0 Å². The summed E-state index contributed by atoms with van der Waals surface area (Å²) in [5.74, 6) is 2.99. The van der Waals surface area contributed by atoms with Crippen molar-refractivity contribution in [1.82, 2.24) is 0 Å². The van der Waals surface area contributed by atoms with Gasteiger partial charge in [0.15, 0.2) is 0 Å². The molecule has 0 radical (unpaired) electrons. The van der Waals surface area contributed by atoms with Gasteiger partial charge in [0.1, 0.15) is 0 Å². The van der Waals surface area contributed by atoms with Crippen LogP contribution in [0.5, 0.6) is 0 Å². The van der Waals surface area contributed by atoms with Gasteiger partial charge in [-0.2, -0.15) is 0 Å². The lowest BCUT2D eigenvalue weighted by Crippen LogP contribution is -2.28. The molecule has 2 rings (SSSR count). The fraction of sp³-hybridized carbons (Fsp3) is 0.800. The average molecular weight is 290 g/mol. The smallest absolute Gasteiger partial charge is 0.0651 e. The van der Waals surface area contributed by atoms with Gasteiger partial charge >= 0.3 is 0 Å². The molecule has 0 aromatic carbocycles. The van der Waals surface area contributed by atoms with E-state index in [4.69, 9.17) is 4.74 Å². The molecular formula is C20H34O. The van der Waals surface area contributed by atoms with Crippen LogP contribution in [0.2, 0.25) is 0 Å². The first-order chi connectivity index (χ1) is 10.3. The lowest BCUT2D eigenvalue weighted by molar-refractivity contribution is 0.0210. The van der Waals surface area contributed by atoms with E-state index in [1.165, 1.54) is 64.2 Å². The van der Waals surface area contributed by atoms with E-state index in [9.17, 15) is 0 Å². The third-order valence-electron chi connectivity index (χ3n) is 5.72. The Morgan fingerprint density at radius 1 is 0.952 bits per heavy atom. The van der Waals surface area contributed by atoms with Crippen molar-refractivity contribution in [3.63, 3.8) is 0 Å². The highest BCUT2D eigenvalue weighted by Gasteiger charge is 2.30. The minimum absolute atomic E-state index is 0.529. The van der Waals surface area contributed by atoms with Crippen molar-refractivity contribution >= 4 is 0 Å². The Labute approximate surface area is 131 Å². The molecule has 0 aromatic heterocycles. The Bertz CT molecular complexity index is 304. The molecule has 0 spiro atoms. The SMILES string of the molecule is C=CCCC1CCC(C2CCC(OCC=CC)CC2)CC1. The summed E-state index contributed by atoms with van der Waals surface area (Å²) in [4.78, 5) is 0. The predicted octanol–water partition coefficient (Wildman–Crippen LogP) is 5.91. The minimum Gasteiger partial charge on any atom is -0.374 e. The van der Waals surface area contributed by atoms with Crippen LogP contribution in [0.3, 0.4) is 0 Å². The summed E-state index contributed by atoms with van der Waals surface area (Å²) in [5.41, 5.74) is 0. The highest BCUT2D eigenvalue weighted by molar-refractivity contribution is 4.84. The van der Waals surface area contributed by atoms with Gasteiger partial charge in [-0.1, -0.05) is 31.1 Å². The molecule has 0 unspecified atom stereocenters. The zero-order valence-electron chi connectivity index (χ0n) is 13.9. The fourth-order valence-corrected chi connectivity index (χ4v) is 4.32. The van der Waals surface area contributed by atoms with Gasteiger partial charge in [0, 0.05) is 0 Å². The van der Waals surface area contributed by atoms with Gasteiger partial charge < -0.3 is 4.74 Å². The monoisotopic (exact) mass is 290 g/mol. The topological polar surface area (TPSA) is 9.23 Å². The van der Waals surface area contributed by atoms with Crippen LogP contribution in [0.15, 0.2) is 24.8 Å². The summed E-state index contributed by atoms with van der Waals surface area (Å²) in [7, 11) is 0. The molecule has 0 heterocycles. The lowest BCUT2D eigenvalue weighted by atomic mass is 9.70. The first-order valence-corrected chi connectivity index (χ1v) is 9.17. The number of ether oxygens (including phenoxy) is 1. The molecule has 2 aliphatic rings. The largest absolute Gasteiger partial charge is 0.374 e. The molecule has 0 saturated heterocycles. The van der Waals surface area contributed by atoms with E-state index in [0.29, 0.717) is 6.10 Å². The van der Waals surface area contributed by atoms with E-state index in [1.807, 2.05) is 0 Å². The van der Waals surface area contributed by atoms with Crippen molar-refractivity contribution in [3.05, 3.63) is 24.8 Å². The van der Waals surface area contributed by atoms with Gasteiger partial charge in [0.25, 0.3) is 0 Å². The van der Waals surface area contributed by atoms with Gasteiger partial charge in [-0.05, 0) is 76.0 Å². The minimum atomic E-state index is 0.529. The molecule has 1 heteroatoms. The summed E-state index contributed by atoms with van der Waals surface area (Å²) >= 11 is 0. The predicted molar refractivity (Wildman–Crippen MR) is 91.4 cm³/mol. The van der Waals surface area contributed by atoms with Crippen molar-refractivity contribution < 1.29 is 4.74 Å². The second-order valence-electron chi connectivity index (χ2n) is 7.09. The molecule has 0 amide bonds. The highest BCUT2D eigenvalue weighted by Crippen LogP contribution is 2.41. The van der Waals surface area contributed by atoms with Crippen LogP contribution in [-0.2, 0) is 4.74 Å². The molecule has 0 aromatic rings. The number of allylic oxidation sites excluding steroid dienone is 2. The van der Waals surface area contributed by atoms with Crippen LogP contribution in [-0.4, -0.2) is 12.7 Å². The Hall–Kier alpha value is -0.560. The molecule has 2 aliphatic carbocycles. The molecule has 0 N–H and O–H groups in total. The summed E-state index contributed by atoms with van der Waals surface area (Å²) in [6, 6.07) is 0. The molecule has 1 nitrogen and oxygen atoms in total. The van der Waals surface area contributed by atoms with Crippen LogP contribution in [0.1, 0.15) is 71.1 Å². The van der Waals surface area contributed by atoms with Crippen molar-refractivity contribution in [2.75, 3.05) is 6.61 Å². The normalized spacial score (nSPS) is 34.1. The van der Waals surface area contributed by atoms with E-state index in [2.05, 4.69) is 31.7 Å². The van der Waals surface area contributed by atoms with Crippen molar-refractivity contribution in [1.29, 1.82) is 0 Å². The van der Waals surface area contributed by atoms with Crippen molar-refractivity contribution in [2.24, 2.45) is 17.8 Å². The summed E-state index contributed by atoms with van der Waals surface area (Å²) in [6.45, 7) is 6.72. The Morgan fingerprint density at radius 2 is 1.57 bits per heavy atom. The summed E-state index contributed by atoms with van der Waals surface area (Å²) < 4.78 is 5.92. The first-order valence-electron chi connectivity index (χ1n) is 9.17. The van der Waals surface area contributed by atoms with Crippen LogP contribution < -0.4 is 0 Å². The van der Waals surface area contributed by atoms with Gasteiger partial charge in [-0.25, -0.2) is 0 Å². The number of hydrogen-bond acceptors (Lipinski definition) is 1. The Kier molecular flexibility index (Phi) is 7.57. The molecule has 21 heavy (non-hydrogen) atoms. The van der Waals surface area contributed by atoms with Crippen LogP contribution in [0, 0.1) is 17.8 Å².